The summed E-state index contributed by atoms with van der Waals surface area (Å²) in [6.07, 6.45) is 11.1. The van der Waals surface area contributed by atoms with Gasteiger partial charge in [0.05, 0.1) is 6.10 Å². The zero-order valence-electron chi connectivity index (χ0n) is 15.2. The monoisotopic (exact) mass is 316 g/mol. The molecule has 3 aliphatic carbocycles. The van der Waals surface area contributed by atoms with Crippen molar-refractivity contribution < 1.29 is 9.90 Å². The Morgan fingerprint density at radius 3 is 2.65 bits per heavy atom. The molecule has 0 heterocycles. The molecule has 0 saturated heterocycles. The molecular formula is C21H32O2. The third-order valence-electron chi connectivity index (χ3n) is 7.19. The van der Waals surface area contributed by atoms with Crippen molar-refractivity contribution in [1.82, 2.24) is 0 Å². The first-order valence-electron chi connectivity index (χ1n) is 9.32. The Morgan fingerprint density at radius 2 is 2.00 bits per heavy atom. The smallest absolute Gasteiger partial charge is 0.158 e. The van der Waals surface area contributed by atoms with Crippen LogP contribution in [0, 0.1) is 22.7 Å². The highest BCUT2D eigenvalue weighted by molar-refractivity contribution is 5.93. The van der Waals surface area contributed by atoms with E-state index >= 15 is 0 Å². The lowest BCUT2D eigenvalue weighted by Gasteiger charge is -2.57. The van der Waals surface area contributed by atoms with Gasteiger partial charge in [-0.15, -0.1) is 0 Å². The summed E-state index contributed by atoms with van der Waals surface area (Å²) in [6.45, 7) is 9.69. The lowest BCUT2D eigenvalue weighted by Crippen LogP contribution is -2.48. The van der Waals surface area contributed by atoms with Crippen molar-refractivity contribution >= 4 is 5.78 Å². The van der Waals surface area contributed by atoms with Crippen molar-refractivity contribution in [3.63, 3.8) is 0 Å². The van der Waals surface area contributed by atoms with E-state index in [1.807, 2.05) is 0 Å². The summed E-state index contributed by atoms with van der Waals surface area (Å²) in [4.78, 5) is 11.5. The number of rotatable bonds is 3. The first-order chi connectivity index (χ1) is 10.7. The Bertz CT molecular complexity index is 554. The maximum atomic E-state index is 11.5. The minimum absolute atomic E-state index is 0.0892. The quantitative estimate of drug-likeness (QED) is 0.758. The largest absolute Gasteiger partial charge is 0.388 e. The number of aliphatic hydroxyl groups is 1. The van der Waals surface area contributed by atoms with Gasteiger partial charge >= 0.3 is 0 Å². The molecular weight excluding hydrogens is 284 g/mol. The Balaban J connectivity index is 1.80. The molecule has 128 valence electrons. The molecule has 3 aliphatic rings. The van der Waals surface area contributed by atoms with Crippen LogP contribution in [-0.2, 0) is 4.79 Å². The molecule has 1 saturated carbocycles. The maximum Gasteiger partial charge on any atom is 0.158 e. The van der Waals surface area contributed by atoms with E-state index in [-0.39, 0.29) is 5.78 Å². The fraction of sp³-hybridized carbons (Fsp3) is 0.762. The summed E-state index contributed by atoms with van der Waals surface area (Å²) in [5, 5.41) is 10.0. The van der Waals surface area contributed by atoms with Crippen molar-refractivity contribution in [2.75, 3.05) is 0 Å². The van der Waals surface area contributed by atoms with Crippen LogP contribution in [0.5, 0.6) is 0 Å². The molecule has 0 bridgehead atoms. The maximum absolute atomic E-state index is 11.5. The summed E-state index contributed by atoms with van der Waals surface area (Å²) in [6, 6.07) is 0. The fourth-order valence-electron chi connectivity index (χ4n) is 5.93. The SMILES string of the molecule is CC1=CCC2C(C)(C)CCCC2(C)C1CCC1=CC(=O)CC1O. The van der Waals surface area contributed by atoms with Gasteiger partial charge in [0.2, 0.25) is 0 Å². The van der Waals surface area contributed by atoms with E-state index in [0.29, 0.717) is 23.2 Å². The average Bonchev–Trinajstić information content (AvgIpc) is 2.75. The fourth-order valence-corrected chi connectivity index (χ4v) is 5.93. The second-order valence-electron chi connectivity index (χ2n) is 9.08. The van der Waals surface area contributed by atoms with E-state index in [9.17, 15) is 9.90 Å². The van der Waals surface area contributed by atoms with Gasteiger partial charge in [-0.1, -0.05) is 38.8 Å². The molecule has 0 aliphatic heterocycles. The standard InChI is InChI=1S/C21H32O2/c1-14-6-9-19-20(2,3)10-5-11-21(19,4)17(14)8-7-15-12-16(22)13-18(15)23/h6,12,17-19,23H,5,7-11,13H2,1-4H3. The Morgan fingerprint density at radius 1 is 1.26 bits per heavy atom. The Hall–Kier alpha value is -0.890. The molecule has 0 spiro atoms. The van der Waals surface area contributed by atoms with Crippen LogP contribution in [0.25, 0.3) is 0 Å². The van der Waals surface area contributed by atoms with Crippen LogP contribution < -0.4 is 0 Å². The van der Waals surface area contributed by atoms with Crippen LogP contribution in [0.1, 0.15) is 72.6 Å². The van der Waals surface area contributed by atoms with E-state index in [1.54, 1.807) is 6.08 Å². The van der Waals surface area contributed by atoms with Crippen LogP contribution >= 0.6 is 0 Å². The molecule has 23 heavy (non-hydrogen) atoms. The Kier molecular flexibility index (Phi) is 4.33. The molecule has 2 nitrogen and oxygen atoms in total. The number of carbonyl (C=O) groups excluding carboxylic acids is 1. The number of ketones is 1. The molecule has 3 rings (SSSR count). The Labute approximate surface area is 141 Å². The minimum Gasteiger partial charge on any atom is -0.388 e. The number of allylic oxidation sites excluding steroid dienone is 3. The second-order valence-corrected chi connectivity index (χ2v) is 9.08. The highest BCUT2D eigenvalue weighted by Gasteiger charge is 2.51. The zero-order valence-corrected chi connectivity index (χ0v) is 15.2. The topological polar surface area (TPSA) is 37.3 Å². The average molecular weight is 316 g/mol. The molecule has 0 aromatic carbocycles. The summed E-state index contributed by atoms with van der Waals surface area (Å²) in [5.74, 6) is 1.43. The summed E-state index contributed by atoms with van der Waals surface area (Å²) in [7, 11) is 0. The molecule has 0 aromatic rings. The van der Waals surface area contributed by atoms with Gasteiger partial charge in [-0.05, 0) is 73.3 Å². The van der Waals surface area contributed by atoms with Gasteiger partial charge in [0.1, 0.15) is 0 Å². The van der Waals surface area contributed by atoms with Gasteiger partial charge in [0, 0.05) is 6.42 Å². The molecule has 0 aromatic heterocycles. The molecule has 1 N–H and O–H groups in total. The van der Waals surface area contributed by atoms with Crippen LogP contribution in [0.2, 0.25) is 0 Å². The highest BCUT2D eigenvalue weighted by Crippen LogP contribution is 2.60. The lowest BCUT2D eigenvalue weighted by molar-refractivity contribution is -0.115. The first-order valence-corrected chi connectivity index (χ1v) is 9.32. The summed E-state index contributed by atoms with van der Waals surface area (Å²) >= 11 is 0. The van der Waals surface area contributed by atoms with Crippen molar-refractivity contribution in [2.24, 2.45) is 22.7 Å². The third kappa shape index (κ3) is 2.95. The van der Waals surface area contributed by atoms with Gasteiger partial charge in [-0.3, -0.25) is 4.79 Å². The number of aliphatic hydroxyl groups excluding tert-OH is 1. The van der Waals surface area contributed by atoms with Gasteiger partial charge in [-0.25, -0.2) is 0 Å². The van der Waals surface area contributed by atoms with E-state index in [4.69, 9.17) is 0 Å². The number of hydrogen-bond donors (Lipinski definition) is 1. The molecule has 0 amide bonds. The number of fused-ring (bicyclic) bond motifs is 1. The molecule has 4 unspecified atom stereocenters. The normalized spacial score (nSPS) is 39.7. The molecule has 1 fully saturated rings. The lowest BCUT2D eigenvalue weighted by atomic mass is 9.48. The third-order valence-corrected chi connectivity index (χ3v) is 7.19. The number of hydrogen-bond acceptors (Lipinski definition) is 2. The summed E-state index contributed by atoms with van der Waals surface area (Å²) in [5.41, 5.74) is 3.28. The van der Waals surface area contributed by atoms with E-state index in [0.717, 1.165) is 24.3 Å². The van der Waals surface area contributed by atoms with Crippen molar-refractivity contribution in [2.45, 2.75) is 78.7 Å². The van der Waals surface area contributed by atoms with Gasteiger partial charge < -0.3 is 5.11 Å². The van der Waals surface area contributed by atoms with Crippen molar-refractivity contribution in [3.8, 4) is 0 Å². The van der Waals surface area contributed by atoms with Gasteiger partial charge in [0.15, 0.2) is 5.78 Å². The van der Waals surface area contributed by atoms with E-state index in [1.165, 1.54) is 31.3 Å². The molecule has 2 heteroatoms. The van der Waals surface area contributed by atoms with Crippen LogP contribution in [-0.4, -0.2) is 17.0 Å². The van der Waals surface area contributed by atoms with Crippen molar-refractivity contribution in [3.05, 3.63) is 23.3 Å². The predicted molar refractivity (Wildman–Crippen MR) is 94.0 cm³/mol. The minimum atomic E-state index is -0.526. The van der Waals surface area contributed by atoms with Crippen LogP contribution in [0.4, 0.5) is 0 Å². The van der Waals surface area contributed by atoms with Gasteiger partial charge in [0.25, 0.3) is 0 Å². The molecule has 0 radical (unpaired) electrons. The van der Waals surface area contributed by atoms with E-state index < -0.39 is 6.10 Å². The second kappa shape index (κ2) is 5.88. The van der Waals surface area contributed by atoms with E-state index in [2.05, 4.69) is 33.8 Å². The van der Waals surface area contributed by atoms with Crippen molar-refractivity contribution in [1.29, 1.82) is 0 Å². The predicted octanol–water partition coefficient (Wildman–Crippen LogP) is 4.83. The zero-order chi connectivity index (χ0) is 16.8. The van der Waals surface area contributed by atoms with Crippen LogP contribution in [0.3, 0.4) is 0 Å². The van der Waals surface area contributed by atoms with Gasteiger partial charge in [-0.2, -0.15) is 0 Å². The molecule has 4 atom stereocenters. The highest BCUT2D eigenvalue weighted by atomic mass is 16.3. The van der Waals surface area contributed by atoms with Crippen LogP contribution in [0.15, 0.2) is 23.3 Å². The number of carbonyl (C=O) groups is 1. The first kappa shape index (κ1) is 17.0. The summed E-state index contributed by atoms with van der Waals surface area (Å²) < 4.78 is 0.